The summed E-state index contributed by atoms with van der Waals surface area (Å²) in [5.41, 5.74) is 2.19. The second-order valence-electron chi connectivity index (χ2n) is 8.76. The number of piperidine rings is 1. The molecule has 182 valence electrons. The molecule has 1 fully saturated rings. The number of urea groups is 1. The molecule has 0 saturated carbocycles. The summed E-state index contributed by atoms with van der Waals surface area (Å²) in [5, 5.41) is 7.34. The molecule has 0 spiro atoms. The fraction of sp³-hybridized carbons (Fsp3) is 0.423. The van der Waals surface area contributed by atoms with Crippen LogP contribution in [-0.2, 0) is 16.1 Å². The van der Waals surface area contributed by atoms with Gasteiger partial charge in [-0.05, 0) is 74.8 Å². The Hall–Kier alpha value is -3.26. The summed E-state index contributed by atoms with van der Waals surface area (Å²) < 4.78 is 13.2. The average molecular weight is 470 g/mol. The summed E-state index contributed by atoms with van der Waals surface area (Å²) >= 11 is 0. The Labute approximate surface area is 199 Å². The van der Waals surface area contributed by atoms with Crippen LogP contribution in [0.2, 0.25) is 0 Å². The summed E-state index contributed by atoms with van der Waals surface area (Å²) in [5.74, 6) is -0.236. The van der Waals surface area contributed by atoms with E-state index in [4.69, 9.17) is 4.84 Å². The third-order valence-corrected chi connectivity index (χ3v) is 5.98. The maximum absolute atomic E-state index is 13.2. The summed E-state index contributed by atoms with van der Waals surface area (Å²) in [4.78, 5) is 40.7. The van der Waals surface area contributed by atoms with Crippen LogP contribution in [0.1, 0.15) is 55.5 Å². The first kappa shape index (κ1) is 25.4. The molecule has 2 atom stereocenters. The van der Waals surface area contributed by atoms with Gasteiger partial charge in [-0.15, -0.1) is 5.06 Å². The maximum atomic E-state index is 13.2. The van der Waals surface area contributed by atoms with Crippen molar-refractivity contribution in [2.45, 2.75) is 52.0 Å². The number of halogens is 1. The molecule has 34 heavy (non-hydrogen) atoms. The first-order valence-electron chi connectivity index (χ1n) is 11.7. The molecule has 0 radical (unpaired) electrons. The molecule has 0 aromatic heterocycles. The van der Waals surface area contributed by atoms with E-state index < -0.39 is 0 Å². The predicted molar refractivity (Wildman–Crippen MR) is 128 cm³/mol. The number of anilines is 1. The highest BCUT2D eigenvalue weighted by molar-refractivity contribution is 5.96. The molecule has 7 nitrogen and oxygen atoms in total. The number of hydrogen-bond donors (Lipinski definition) is 2. The average Bonchev–Trinajstić information content (AvgIpc) is 2.79. The van der Waals surface area contributed by atoms with E-state index in [0.29, 0.717) is 36.7 Å². The van der Waals surface area contributed by atoms with Crippen molar-refractivity contribution in [3.63, 3.8) is 0 Å². The van der Waals surface area contributed by atoms with E-state index in [0.717, 1.165) is 31.2 Å². The Morgan fingerprint density at radius 2 is 1.88 bits per heavy atom. The molecule has 2 amide bonds. The Morgan fingerprint density at radius 3 is 2.59 bits per heavy atom. The van der Waals surface area contributed by atoms with Crippen molar-refractivity contribution in [3.05, 3.63) is 65.5 Å². The van der Waals surface area contributed by atoms with Gasteiger partial charge in [0.1, 0.15) is 5.82 Å². The first-order valence-corrected chi connectivity index (χ1v) is 11.7. The molecule has 2 N–H and O–H groups in total. The van der Waals surface area contributed by atoms with Gasteiger partial charge in [0, 0.05) is 37.3 Å². The van der Waals surface area contributed by atoms with Crippen molar-refractivity contribution < 1.29 is 23.6 Å². The molecular weight excluding hydrogens is 437 g/mol. The van der Waals surface area contributed by atoms with Crippen LogP contribution in [0.5, 0.6) is 0 Å². The highest BCUT2D eigenvalue weighted by Gasteiger charge is 2.30. The lowest BCUT2D eigenvalue weighted by molar-refractivity contribution is -0.209. The van der Waals surface area contributed by atoms with E-state index in [1.54, 1.807) is 29.3 Å². The van der Waals surface area contributed by atoms with Gasteiger partial charge in [-0.25, -0.2) is 9.18 Å². The lowest BCUT2D eigenvalue weighted by Gasteiger charge is -2.37. The first-order chi connectivity index (χ1) is 16.3. The number of hydrogen-bond acceptors (Lipinski definition) is 5. The zero-order chi connectivity index (χ0) is 24.5. The van der Waals surface area contributed by atoms with Crippen LogP contribution >= 0.6 is 0 Å². The number of nitrogens with zero attached hydrogens (tertiary/aromatic N) is 1. The van der Waals surface area contributed by atoms with E-state index in [1.165, 1.54) is 26.0 Å². The van der Waals surface area contributed by atoms with Gasteiger partial charge in [-0.3, -0.25) is 9.59 Å². The van der Waals surface area contributed by atoms with Gasteiger partial charge in [0.2, 0.25) is 0 Å². The molecule has 2 aromatic carbocycles. The summed E-state index contributed by atoms with van der Waals surface area (Å²) in [6.45, 7) is 3.99. The number of rotatable bonds is 9. The van der Waals surface area contributed by atoms with Crippen molar-refractivity contribution in [1.82, 2.24) is 10.4 Å². The van der Waals surface area contributed by atoms with Gasteiger partial charge in [-0.2, -0.15) is 0 Å². The normalized spacial score (nSPS) is 18.2. The molecule has 1 heterocycles. The number of carbonyl (C=O) groups is 3. The summed E-state index contributed by atoms with van der Waals surface area (Å²) in [6, 6.07) is 13.1. The quantitative estimate of drug-likeness (QED) is 0.409. The Balaban J connectivity index is 1.48. The van der Waals surface area contributed by atoms with Gasteiger partial charge in [0.15, 0.2) is 5.78 Å². The Morgan fingerprint density at radius 1 is 1.12 bits per heavy atom. The van der Waals surface area contributed by atoms with E-state index in [9.17, 15) is 18.8 Å². The number of hydroxylamine groups is 2. The Kier molecular flexibility index (Phi) is 9.16. The maximum Gasteiger partial charge on any atom is 0.322 e. The molecule has 0 bridgehead atoms. The van der Waals surface area contributed by atoms with E-state index >= 15 is 0 Å². The van der Waals surface area contributed by atoms with Gasteiger partial charge < -0.3 is 15.5 Å². The largest absolute Gasteiger partial charge is 0.368 e. The number of ketones is 1. The second kappa shape index (κ2) is 12.3. The summed E-state index contributed by atoms with van der Waals surface area (Å²) in [7, 11) is 0. The molecule has 1 saturated heterocycles. The van der Waals surface area contributed by atoms with Gasteiger partial charge >= 0.3 is 12.0 Å². The summed E-state index contributed by atoms with van der Waals surface area (Å²) in [6.07, 6.45) is 4.07. The molecule has 0 aliphatic carbocycles. The molecule has 0 unspecified atom stereocenters. The van der Waals surface area contributed by atoms with Crippen LogP contribution in [0.3, 0.4) is 0 Å². The fourth-order valence-electron chi connectivity index (χ4n) is 4.33. The number of Topliss-reactive ketones (excluding diaryl/α,β-unsaturated/α-hetero) is 1. The van der Waals surface area contributed by atoms with Crippen LogP contribution in [0.4, 0.5) is 14.9 Å². The highest BCUT2D eigenvalue weighted by Crippen LogP contribution is 2.29. The van der Waals surface area contributed by atoms with Crippen molar-refractivity contribution >= 4 is 23.5 Å². The van der Waals surface area contributed by atoms with Crippen LogP contribution in [-0.4, -0.2) is 42.0 Å². The van der Waals surface area contributed by atoms with E-state index in [2.05, 4.69) is 10.6 Å². The van der Waals surface area contributed by atoms with Crippen molar-refractivity contribution in [2.24, 2.45) is 5.92 Å². The topological polar surface area (TPSA) is 87.7 Å². The van der Waals surface area contributed by atoms with Crippen LogP contribution in [0.15, 0.2) is 48.5 Å². The van der Waals surface area contributed by atoms with Crippen molar-refractivity contribution in [2.75, 3.05) is 18.4 Å². The number of amides is 2. The monoisotopic (exact) mass is 469 g/mol. The molecule has 2 aromatic rings. The lowest BCUT2D eigenvalue weighted by Crippen LogP contribution is -2.44. The lowest BCUT2D eigenvalue weighted by atomic mass is 9.85. The third kappa shape index (κ3) is 7.95. The van der Waals surface area contributed by atoms with Gasteiger partial charge in [0.05, 0.1) is 0 Å². The van der Waals surface area contributed by atoms with E-state index in [1.807, 2.05) is 12.1 Å². The minimum Gasteiger partial charge on any atom is -0.368 e. The fourth-order valence-corrected chi connectivity index (χ4v) is 4.33. The highest BCUT2D eigenvalue weighted by atomic mass is 19.1. The molecule has 1 aliphatic rings. The second-order valence-corrected chi connectivity index (χ2v) is 8.76. The number of nitrogens with one attached hydrogen (secondary N) is 2. The molecule has 3 rings (SSSR count). The van der Waals surface area contributed by atoms with Crippen molar-refractivity contribution in [1.29, 1.82) is 0 Å². The van der Waals surface area contributed by atoms with Gasteiger partial charge in [-0.1, -0.05) is 24.3 Å². The van der Waals surface area contributed by atoms with Gasteiger partial charge in [0.25, 0.3) is 0 Å². The predicted octanol–water partition coefficient (Wildman–Crippen LogP) is 4.73. The number of benzene rings is 2. The zero-order valence-corrected chi connectivity index (χ0v) is 19.7. The number of carbonyl (C=O) groups excluding carboxylic acids is 3. The Bertz CT molecular complexity index is 996. The molecule has 8 heteroatoms. The standard InChI is InChI=1S/C26H32FN3O4/c1-18(31)22-5-3-6-24(17-22)29-26(33)28-13-4-7-25-16-21(12-14-30(25)34-19(2)32)15-20-8-10-23(27)11-9-20/h3,5-6,8-11,17,21,25H,4,7,12-16H2,1-2H3,(H2,28,29,33)/t21-,25-/m0/s1. The third-order valence-electron chi connectivity index (χ3n) is 5.98. The zero-order valence-electron chi connectivity index (χ0n) is 19.7. The van der Waals surface area contributed by atoms with Crippen LogP contribution in [0, 0.1) is 11.7 Å². The molecule has 1 aliphatic heterocycles. The van der Waals surface area contributed by atoms with E-state index in [-0.39, 0.29) is 29.6 Å². The molecular formula is C26H32FN3O4. The van der Waals surface area contributed by atoms with Crippen LogP contribution in [0.25, 0.3) is 0 Å². The minimum atomic E-state index is -0.340. The van der Waals surface area contributed by atoms with Crippen molar-refractivity contribution in [3.8, 4) is 0 Å². The smallest absolute Gasteiger partial charge is 0.322 e. The minimum absolute atomic E-state index is 0.0557. The SMILES string of the molecule is CC(=O)ON1CC[C@@H](Cc2ccc(F)cc2)C[C@@H]1CCCNC(=O)Nc1cccc(C(C)=O)c1. The van der Waals surface area contributed by atoms with Crippen LogP contribution < -0.4 is 10.6 Å².